The quantitative estimate of drug-likeness (QED) is 0.224. The standard InChI is InChI=1S/C31H30FN7O3S/c1-17-16-43-31(35-17)37-30(42)34-15-18-3-8-24(32)23(13-18)20-6-7-22(28(33)40)27-26(20)21-5-4-19(14-25(21)36-27)29(41)39-11-9-38(2)10-12-39/h3-8,13-14,16,36H,9-12,15H2,1-2H3,(H2,33,40)(H2,34,35,37,42). The maximum Gasteiger partial charge on any atom is 0.321 e. The Kier molecular flexibility index (Phi) is 7.55. The summed E-state index contributed by atoms with van der Waals surface area (Å²) in [6.07, 6.45) is 0. The van der Waals surface area contributed by atoms with Crippen molar-refractivity contribution in [1.29, 1.82) is 0 Å². The van der Waals surface area contributed by atoms with Gasteiger partial charge in [-0.1, -0.05) is 18.2 Å². The molecule has 3 heterocycles. The number of nitrogens with one attached hydrogen (secondary N) is 3. The van der Waals surface area contributed by atoms with E-state index in [0.29, 0.717) is 56.9 Å². The summed E-state index contributed by atoms with van der Waals surface area (Å²) in [5.41, 5.74) is 9.93. The van der Waals surface area contributed by atoms with Crippen molar-refractivity contribution in [1.82, 2.24) is 25.1 Å². The van der Waals surface area contributed by atoms with E-state index in [2.05, 4.69) is 25.5 Å². The highest BCUT2D eigenvalue weighted by molar-refractivity contribution is 7.13. The normalized spacial score (nSPS) is 13.9. The number of aromatic nitrogens is 2. The van der Waals surface area contributed by atoms with Crippen LogP contribution in [0.2, 0.25) is 0 Å². The largest absolute Gasteiger partial charge is 0.366 e. The third-order valence-electron chi connectivity index (χ3n) is 7.67. The Morgan fingerprint density at radius 1 is 1.05 bits per heavy atom. The molecule has 0 radical (unpaired) electrons. The highest BCUT2D eigenvalue weighted by atomic mass is 32.1. The van der Waals surface area contributed by atoms with Gasteiger partial charge in [0, 0.05) is 65.5 Å². The molecule has 220 valence electrons. The highest BCUT2D eigenvalue weighted by Crippen LogP contribution is 2.38. The zero-order valence-corrected chi connectivity index (χ0v) is 24.5. The average Bonchev–Trinajstić information content (AvgIpc) is 3.58. The maximum absolute atomic E-state index is 15.4. The molecule has 5 N–H and O–H groups in total. The number of rotatable bonds is 6. The number of carbonyl (C=O) groups excluding carboxylic acids is 3. The van der Waals surface area contributed by atoms with Crippen molar-refractivity contribution in [2.75, 3.05) is 38.5 Å². The predicted molar refractivity (Wildman–Crippen MR) is 166 cm³/mol. The van der Waals surface area contributed by atoms with Gasteiger partial charge in [-0.15, -0.1) is 11.3 Å². The van der Waals surface area contributed by atoms with Crippen LogP contribution < -0.4 is 16.4 Å². The smallest absolute Gasteiger partial charge is 0.321 e. The fourth-order valence-electron chi connectivity index (χ4n) is 5.39. The van der Waals surface area contributed by atoms with Gasteiger partial charge >= 0.3 is 6.03 Å². The highest BCUT2D eigenvalue weighted by Gasteiger charge is 2.23. The van der Waals surface area contributed by atoms with E-state index in [-0.39, 0.29) is 18.0 Å². The van der Waals surface area contributed by atoms with E-state index >= 15 is 4.39 Å². The van der Waals surface area contributed by atoms with Crippen molar-refractivity contribution in [2.24, 2.45) is 5.73 Å². The molecule has 0 spiro atoms. The molecule has 5 aromatic rings. The van der Waals surface area contributed by atoms with Crippen molar-refractivity contribution in [3.63, 3.8) is 0 Å². The molecule has 1 fully saturated rings. The molecular weight excluding hydrogens is 569 g/mol. The second kappa shape index (κ2) is 11.5. The summed E-state index contributed by atoms with van der Waals surface area (Å²) in [4.78, 5) is 49.5. The number of primary amides is 1. The Morgan fingerprint density at radius 3 is 2.56 bits per heavy atom. The maximum atomic E-state index is 15.4. The molecule has 1 aliphatic rings. The Hall–Kier alpha value is -4.81. The van der Waals surface area contributed by atoms with Gasteiger partial charge in [0.2, 0.25) is 0 Å². The van der Waals surface area contributed by atoms with E-state index in [0.717, 1.165) is 24.2 Å². The topological polar surface area (TPSA) is 136 Å². The number of H-pyrrole nitrogens is 1. The molecule has 6 rings (SSSR count). The SMILES string of the molecule is Cc1csc(NC(=O)NCc2ccc(F)c(-c3ccc(C(N)=O)c4[nH]c5cc(C(=O)N6CCN(C)CC6)ccc5c34)c2)n1. The third kappa shape index (κ3) is 5.66. The lowest BCUT2D eigenvalue weighted by molar-refractivity contribution is 0.0664. The van der Waals surface area contributed by atoms with Crippen molar-refractivity contribution < 1.29 is 18.8 Å². The number of nitrogens with two attached hydrogens (primary N) is 1. The molecule has 0 aliphatic carbocycles. The predicted octanol–water partition coefficient (Wildman–Crippen LogP) is 4.70. The van der Waals surface area contributed by atoms with Crippen molar-refractivity contribution >= 4 is 56.1 Å². The molecule has 4 amide bonds. The average molecular weight is 600 g/mol. The summed E-state index contributed by atoms with van der Waals surface area (Å²) in [7, 11) is 2.03. The van der Waals surface area contributed by atoms with Crippen molar-refractivity contribution in [2.45, 2.75) is 13.5 Å². The molecule has 0 atom stereocenters. The van der Waals surface area contributed by atoms with Crippen molar-refractivity contribution in [3.8, 4) is 11.1 Å². The molecule has 2 aromatic heterocycles. The fraction of sp³-hybridized carbons (Fsp3) is 0.226. The molecule has 43 heavy (non-hydrogen) atoms. The second-order valence-corrected chi connectivity index (χ2v) is 11.5. The van der Waals surface area contributed by atoms with Gasteiger partial charge in [0.25, 0.3) is 11.8 Å². The number of aryl methyl sites for hydroxylation is 1. The van der Waals surface area contributed by atoms with E-state index in [4.69, 9.17) is 5.73 Å². The number of thiazole rings is 1. The number of carbonyl (C=O) groups is 3. The number of hydrogen-bond donors (Lipinski definition) is 4. The molecule has 1 saturated heterocycles. The van der Waals surface area contributed by atoms with Crippen molar-refractivity contribution in [3.05, 3.63) is 82.1 Å². The Labute approximate surface area is 250 Å². The summed E-state index contributed by atoms with van der Waals surface area (Å²) in [5.74, 6) is -1.16. The van der Waals surface area contributed by atoms with Crippen LogP contribution in [0.1, 0.15) is 32.0 Å². The van der Waals surface area contributed by atoms with E-state index in [1.165, 1.54) is 17.4 Å². The number of benzene rings is 3. The molecule has 0 unspecified atom stereocenters. The van der Waals surface area contributed by atoms with Crippen LogP contribution in [0.3, 0.4) is 0 Å². The molecule has 0 bridgehead atoms. The summed E-state index contributed by atoms with van der Waals surface area (Å²) in [5, 5.41) is 9.13. The van der Waals surface area contributed by atoms with E-state index < -0.39 is 17.8 Å². The number of nitrogens with zero attached hydrogens (tertiary/aromatic N) is 3. The molecule has 12 heteroatoms. The minimum absolute atomic E-state index is 0.0655. The minimum atomic E-state index is -0.628. The Bertz CT molecular complexity index is 1890. The zero-order valence-electron chi connectivity index (χ0n) is 23.7. The first-order chi connectivity index (χ1) is 20.7. The van der Waals surface area contributed by atoms with Crippen LogP contribution in [-0.2, 0) is 6.54 Å². The lowest BCUT2D eigenvalue weighted by atomic mass is 9.95. The second-order valence-electron chi connectivity index (χ2n) is 10.7. The van der Waals surface area contributed by atoms with Crippen LogP contribution in [0.5, 0.6) is 0 Å². The lowest BCUT2D eigenvalue weighted by Crippen LogP contribution is -2.47. The monoisotopic (exact) mass is 599 g/mol. The lowest BCUT2D eigenvalue weighted by Gasteiger charge is -2.32. The van der Waals surface area contributed by atoms with Crippen LogP contribution in [0, 0.1) is 12.7 Å². The van der Waals surface area contributed by atoms with Crippen LogP contribution in [0.15, 0.2) is 53.9 Å². The number of amides is 4. The number of hydrogen-bond acceptors (Lipinski definition) is 6. The van der Waals surface area contributed by atoms with Gasteiger partial charge in [0.1, 0.15) is 5.82 Å². The van der Waals surface area contributed by atoms with Gasteiger partial charge in [-0.3, -0.25) is 14.9 Å². The first-order valence-corrected chi connectivity index (χ1v) is 14.7. The number of piperazine rings is 1. The number of fused-ring (bicyclic) bond motifs is 3. The zero-order chi connectivity index (χ0) is 30.2. The van der Waals surface area contributed by atoms with E-state index in [9.17, 15) is 14.4 Å². The minimum Gasteiger partial charge on any atom is -0.366 e. The summed E-state index contributed by atoms with van der Waals surface area (Å²) < 4.78 is 15.4. The first-order valence-electron chi connectivity index (χ1n) is 13.8. The number of anilines is 1. The van der Waals surface area contributed by atoms with Crippen LogP contribution in [0.25, 0.3) is 32.9 Å². The van der Waals surface area contributed by atoms with Crippen LogP contribution >= 0.6 is 11.3 Å². The number of halogens is 1. The number of urea groups is 1. The van der Waals surface area contributed by atoms with Gasteiger partial charge < -0.3 is 25.8 Å². The summed E-state index contributed by atoms with van der Waals surface area (Å²) in [6.45, 7) is 4.90. The Balaban J connectivity index is 1.35. The van der Waals surface area contributed by atoms with Gasteiger partial charge in [-0.05, 0) is 55.4 Å². The molecule has 1 aliphatic heterocycles. The molecule has 10 nitrogen and oxygen atoms in total. The molecule has 0 saturated carbocycles. The molecule has 3 aromatic carbocycles. The number of likely N-dealkylation sites (N-methyl/N-ethyl adjacent to an activating group) is 1. The van der Waals surface area contributed by atoms with Gasteiger partial charge in [-0.25, -0.2) is 14.2 Å². The first kappa shape index (κ1) is 28.3. The summed E-state index contributed by atoms with van der Waals surface area (Å²) >= 11 is 1.33. The van der Waals surface area contributed by atoms with E-state index in [1.54, 1.807) is 36.4 Å². The Morgan fingerprint density at radius 2 is 1.84 bits per heavy atom. The van der Waals surface area contributed by atoms with Crippen LogP contribution in [-0.4, -0.2) is 70.8 Å². The molecular formula is C31H30FN7O3S. The van der Waals surface area contributed by atoms with Gasteiger partial charge in [-0.2, -0.15) is 0 Å². The third-order valence-corrected chi connectivity index (χ3v) is 8.55. The van der Waals surface area contributed by atoms with Gasteiger partial charge in [0.05, 0.1) is 16.8 Å². The van der Waals surface area contributed by atoms with Gasteiger partial charge in [0.15, 0.2) is 5.13 Å². The van der Waals surface area contributed by atoms with E-state index in [1.807, 2.05) is 30.3 Å². The number of aromatic amines is 1. The van der Waals surface area contributed by atoms with Crippen LogP contribution in [0.4, 0.5) is 14.3 Å². The summed E-state index contributed by atoms with van der Waals surface area (Å²) in [6, 6.07) is 12.8. The fourth-order valence-corrected chi connectivity index (χ4v) is 6.07.